The summed E-state index contributed by atoms with van der Waals surface area (Å²) in [6.45, 7) is 1.85. The predicted molar refractivity (Wildman–Crippen MR) is 66.5 cm³/mol. The molecule has 0 bridgehead atoms. The Bertz CT molecular complexity index is 288. The van der Waals surface area contributed by atoms with Gasteiger partial charge in [0.25, 0.3) is 0 Å². The molecule has 0 aliphatic heterocycles. The van der Waals surface area contributed by atoms with Crippen LogP contribution in [0, 0.1) is 0 Å². The lowest BCUT2D eigenvalue weighted by Crippen LogP contribution is -2.16. The maximum absolute atomic E-state index is 10.8. The zero-order valence-corrected chi connectivity index (χ0v) is 10.3. The number of esters is 1. The SMILES string of the molecule is COC(=O)CCSCCNCc1cc[nH]c1. The molecule has 4 nitrogen and oxygen atoms in total. The lowest BCUT2D eigenvalue weighted by atomic mass is 10.3. The van der Waals surface area contributed by atoms with Crippen LogP contribution in [-0.4, -0.2) is 36.1 Å². The van der Waals surface area contributed by atoms with Crippen LogP contribution in [0.25, 0.3) is 0 Å². The van der Waals surface area contributed by atoms with Gasteiger partial charge in [0.2, 0.25) is 0 Å². The highest BCUT2D eigenvalue weighted by atomic mass is 32.2. The number of aromatic amines is 1. The Labute approximate surface area is 100 Å². The number of thioether (sulfide) groups is 1. The summed E-state index contributed by atoms with van der Waals surface area (Å²) < 4.78 is 4.56. The van der Waals surface area contributed by atoms with Gasteiger partial charge < -0.3 is 15.0 Å². The molecule has 1 aromatic rings. The Morgan fingerprint density at radius 3 is 3.12 bits per heavy atom. The predicted octanol–water partition coefficient (Wildman–Crippen LogP) is 1.40. The van der Waals surface area contributed by atoms with Crippen molar-refractivity contribution in [1.82, 2.24) is 10.3 Å². The van der Waals surface area contributed by atoms with Crippen LogP contribution in [0.1, 0.15) is 12.0 Å². The standard InChI is InChI=1S/C11H18N2O2S/c1-15-11(14)3-6-16-7-5-13-9-10-2-4-12-8-10/h2,4,8,12-13H,3,5-7,9H2,1H3. The number of carbonyl (C=O) groups is 1. The van der Waals surface area contributed by atoms with E-state index in [1.807, 2.05) is 12.4 Å². The van der Waals surface area contributed by atoms with Crippen LogP contribution in [0.15, 0.2) is 18.5 Å². The molecule has 90 valence electrons. The summed E-state index contributed by atoms with van der Waals surface area (Å²) in [4.78, 5) is 13.8. The fourth-order valence-electron chi connectivity index (χ4n) is 1.21. The molecule has 0 amide bonds. The minimum atomic E-state index is -0.132. The van der Waals surface area contributed by atoms with Crippen molar-refractivity contribution >= 4 is 17.7 Å². The van der Waals surface area contributed by atoms with Crippen molar-refractivity contribution < 1.29 is 9.53 Å². The van der Waals surface area contributed by atoms with Crippen molar-refractivity contribution in [3.63, 3.8) is 0 Å². The lowest BCUT2D eigenvalue weighted by Gasteiger charge is -2.03. The largest absolute Gasteiger partial charge is 0.469 e. The third-order valence-corrected chi connectivity index (χ3v) is 3.08. The summed E-state index contributed by atoms with van der Waals surface area (Å²) in [5, 5.41) is 3.33. The van der Waals surface area contributed by atoms with Crippen molar-refractivity contribution in [2.75, 3.05) is 25.2 Å². The molecule has 0 atom stereocenters. The van der Waals surface area contributed by atoms with Gasteiger partial charge in [-0.05, 0) is 11.6 Å². The molecule has 0 unspecified atom stereocenters. The summed E-state index contributed by atoms with van der Waals surface area (Å²) in [5.74, 6) is 1.72. The normalized spacial score (nSPS) is 10.3. The summed E-state index contributed by atoms with van der Waals surface area (Å²) in [6, 6.07) is 2.05. The molecule has 1 aromatic heterocycles. The van der Waals surface area contributed by atoms with Crippen molar-refractivity contribution in [2.24, 2.45) is 0 Å². The van der Waals surface area contributed by atoms with E-state index in [9.17, 15) is 4.79 Å². The summed E-state index contributed by atoms with van der Waals surface area (Å²) in [6.07, 6.45) is 4.40. The number of H-pyrrole nitrogens is 1. The van der Waals surface area contributed by atoms with Gasteiger partial charge in [0.05, 0.1) is 13.5 Å². The minimum absolute atomic E-state index is 0.132. The first-order chi connectivity index (χ1) is 7.83. The maximum atomic E-state index is 10.8. The molecule has 5 heteroatoms. The van der Waals surface area contributed by atoms with Crippen LogP contribution in [0.3, 0.4) is 0 Å². The molecular formula is C11H18N2O2S. The Hall–Kier alpha value is -0.940. The van der Waals surface area contributed by atoms with Gasteiger partial charge in [0, 0.05) is 37.0 Å². The van der Waals surface area contributed by atoms with Gasteiger partial charge in [0.15, 0.2) is 0 Å². The first-order valence-electron chi connectivity index (χ1n) is 5.30. The Balaban J connectivity index is 1.87. The number of carbonyl (C=O) groups excluding carboxylic acids is 1. The molecule has 0 fully saturated rings. The van der Waals surface area contributed by atoms with E-state index in [0.29, 0.717) is 6.42 Å². The van der Waals surface area contributed by atoms with Crippen LogP contribution < -0.4 is 5.32 Å². The van der Waals surface area contributed by atoms with Crippen molar-refractivity contribution in [3.8, 4) is 0 Å². The first kappa shape index (κ1) is 13.1. The Morgan fingerprint density at radius 1 is 1.56 bits per heavy atom. The van der Waals surface area contributed by atoms with Gasteiger partial charge in [0.1, 0.15) is 0 Å². The Kier molecular flexibility index (Phi) is 6.76. The molecule has 2 N–H and O–H groups in total. The van der Waals surface area contributed by atoms with E-state index >= 15 is 0 Å². The fourth-order valence-corrected chi connectivity index (χ4v) is 2.01. The van der Waals surface area contributed by atoms with Gasteiger partial charge in [-0.1, -0.05) is 0 Å². The zero-order chi connectivity index (χ0) is 11.6. The number of nitrogens with one attached hydrogen (secondary N) is 2. The second-order valence-corrected chi connectivity index (χ2v) is 4.56. The average Bonchev–Trinajstić information content (AvgIpc) is 2.80. The minimum Gasteiger partial charge on any atom is -0.469 e. The molecule has 0 spiro atoms. The van der Waals surface area contributed by atoms with E-state index in [0.717, 1.165) is 24.6 Å². The quantitative estimate of drug-likeness (QED) is 0.534. The van der Waals surface area contributed by atoms with Crippen molar-refractivity contribution in [2.45, 2.75) is 13.0 Å². The molecule has 1 heterocycles. The first-order valence-corrected chi connectivity index (χ1v) is 6.45. The highest BCUT2D eigenvalue weighted by molar-refractivity contribution is 7.99. The fraction of sp³-hybridized carbons (Fsp3) is 0.545. The average molecular weight is 242 g/mol. The summed E-state index contributed by atoms with van der Waals surface area (Å²) in [7, 11) is 1.42. The van der Waals surface area contributed by atoms with Crippen LogP contribution in [0.2, 0.25) is 0 Å². The zero-order valence-electron chi connectivity index (χ0n) is 9.49. The van der Waals surface area contributed by atoms with Crippen molar-refractivity contribution in [3.05, 3.63) is 24.0 Å². The molecular weight excluding hydrogens is 224 g/mol. The van der Waals surface area contributed by atoms with E-state index in [1.165, 1.54) is 12.7 Å². The number of hydrogen-bond donors (Lipinski definition) is 2. The van der Waals surface area contributed by atoms with Gasteiger partial charge >= 0.3 is 5.97 Å². The molecule has 0 aliphatic carbocycles. The second-order valence-electron chi connectivity index (χ2n) is 3.33. The van der Waals surface area contributed by atoms with Crippen LogP contribution in [-0.2, 0) is 16.1 Å². The van der Waals surface area contributed by atoms with Crippen LogP contribution in [0.4, 0.5) is 0 Å². The highest BCUT2D eigenvalue weighted by Crippen LogP contribution is 2.02. The molecule has 0 aliphatic rings. The molecule has 16 heavy (non-hydrogen) atoms. The lowest BCUT2D eigenvalue weighted by molar-refractivity contribution is -0.140. The van der Waals surface area contributed by atoms with E-state index in [-0.39, 0.29) is 5.97 Å². The number of aromatic nitrogens is 1. The summed E-state index contributed by atoms with van der Waals surface area (Å²) >= 11 is 1.76. The summed E-state index contributed by atoms with van der Waals surface area (Å²) in [5.41, 5.74) is 1.26. The van der Waals surface area contributed by atoms with Gasteiger partial charge in [-0.3, -0.25) is 4.79 Å². The third kappa shape index (κ3) is 5.82. The van der Waals surface area contributed by atoms with Crippen LogP contribution in [0.5, 0.6) is 0 Å². The Morgan fingerprint density at radius 2 is 2.44 bits per heavy atom. The van der Waals surface area contributed by atoms with Gasteiger partial charge in [-0.25, -0.2) is 0 Å². The van der Waals surface area contributed by atoms with E-state index < -0.39 is 0 Å². The number of rotatable bonds is 8. The number of hydrogen-bond acceptors (Lipinski definition) is 4. The molecule has 0 radical (unpaired) electrons. The molecule has 1 rings (SSSR count). The van der Waals surface area contributed by atoms with Gasteiger partial charge in [-0.15, -0.1) is 0 Å². The maximum Gasteiger partial charge on any atom is 0.306 e. The molecule has 0 aromatic carbocycles. The monoisotopic (exact) mass is 242 g/mol. The van der Waals surface area contributed by atoms with E-state index in [2.05, 4.69) is 21.1 Å². The number of methoxy groups -OCH3 is 1. The highest BCUT2D eigenvalue weighted by Gasteiger charge is 1.99. The second kappa shape index (κ2) is 8.24. The molecule has 0 saturated carbocycles. The van der Waals surface area contributed by atoms with E-state index in [4.69, 9.17) is 0 Å². The smallest absolute Gasteiger partial charge is 0.306 e. The third-order valence-electron chi connectivity index (χ3n) is 2.09. The van der Waals surface area contributed by atoms with Crippen LogP contribution >= 0.6 is 11.8 Å². The van der Waals surface area contributed by atoms with Gasteiger partial charge in [-0.2, -0.15) is 11.8 Å². The van der Waals surface area contributed by atoms with E-state index in [1.54, 1.807) is 11.8 Å². The number of ether oxygens (including phenoxy) is 1. The molecule has 0 saturated heterocycles. The topological polar surface area (TPSA) is 54.1 Å². The van der Waals surface area contributed by atoms with Crippen molar-refractivity contribution in [1.29, 1.82) is 0 Å².